The van der Waals surface area contributed by atoms with Crippen LogP contribution in [0.25, 0.3) is 111 Å². The molecule has 5 heteroatoms. The Bertz CT molecular complexity index is 3440. The summed E-state index contributed by atoms with van der Waals surface area (Å²) in [7, 11) is 0. The Balaban J connectivity index is 1.06. The molecule has 2 aromatic heterocycles. The Kier molecular flexibility index (Phi) is 7.78. The first-order valence-electron chi connectivity index (χ1n) is 20.1. The molecule has 12 rings (SSSR count). The molecule has 0 bridgehead atoms. The zero-order valence-electron chi connectivity index (χ0n) is 32.2. The first-order chi connectivity index (χ1) is 29.7. The van der Waals surface area contributed by atoms with Gasteiger partial charge in [-0.25, -0.2) is 15.0 Å². The molecule has 0 atom stereocenters. The summed E-state index contributed by atoms with van der Waals surface area (Å²) in [5, 5.41) is 4.44. The number of ether oxygens (including phenoxy) is 1. The third-order valence-electron chi connectivity index (χ3n) is 11.5. The lowest BCUT2D eigenvalue weighted by Crippen LogP contribution is -2.01. The van der Waals surface area contributed by atoms with E-state index in [0.29, 0.717) is 17.5 Å². The van der Waals surface area contributed by atoms with Gasteiger partial charge < -0.3 is 9.15 Å². The van der Waals surface area contributed by atoms with Crippen molar-refractivity contribution < 1.29 is 9.15 Å². The van der Waals surface area contributed by atoms with Gasteiger partial charge in [0.25, 0.3) is 0 Å². The monoisotopic (exact) mass is 767 g/mol. The molecule has 11 aromatic rings. The van der Waals surface area contributed by atoms with Crippen molar-refractivity contribution in [1.29, 1.82) is 0 Å². The number of rotatable bonds is 6. The first-order valence-corrected chi connectivity index (χ1v) is 20.1. The molecule has 0 unspecified atom stereocenters. The van der Waals surface area contributed by atoms with Crippen molar-refractivity contribution in [1.82, 2.24) is 15.0 Å². The number of nitrogens with zero attached hydrogens (tertiary/aromatic N) is 3. The fraction of sp³-hybridized carbons (Fsp3) is 0. The van der Waals surface area contributed by atoms with Crippen LogP contribution in [-0.2, 0) is 0 Å². The van der Waals surface area contributed by atoms with Crippen LogP contribution in [0.15, 0.2) is 205 Å². The molecule has 0 amide bonds. The normalized spacial score (nSPS) is 11.8. The summed E-state index contributed by atoms with van der Waals surface area (Å²) in [5.41, 5.74) is 13.1. The highest BCUT2D eigenvalue weighted by atomic mass is 16.5. The second-order valence-electron chi connectivity index (χ2n) is 15.2. The van der Waals surface area contributed by atoms with Gasteiger partial charge in [-0.15, -0.1) is 0 Å². The molecule has 280 valence electrons. The third-order valence-corrected chi connectivity index (χ3v) is 11.5. The molecule has 0 N–H and O–H groups in total. The first kappa shape index (κ1) is 33.9. The van der Waals surface area contributed by atoms with Crippen LogP contribution in [0.1, 0.15) is 0 Å². The standard InChI is InChI=1S/C55H33N3O2/c1-3-11-34(12-4-1)35-21-23-38(24-22-35)54-56-53(37-13-5-2-6-14-37)57-55(58-54)43-30-41(39-25-27-49-46(32-39)44-17-7-8-19-48(44)59-49)29-42(31-43)40-26-28-50-47(33-40)45-18-9-15-36-16-10-20-51(60-50)52(36)45/h1-33H. The van der Waals surface area contributed by atoms with E-state index in [4.69, 9.17) is 24.1 Å². The van der Waals surface area contributed by atoms with Crippen LogP contribution in [0.5, 0.6) is 11.5 Å². The molecule has 60 heavy (non-hydrogen) atoms. The van der Waals surface area contributed by atoms with Crippen LogP contribution >= 0.6 is 0 Å². The Hall–Kier alpha value is -8.15. The highest BCUT2D eigenvalue weighted by molar-refractivity contribution is 6.07. The van der Waals surface area contributed by atoms with Crippen molar-refractivity contribution in [2.24, 2.45) is 0 Å². The zero-order valence-corrected chi connectivity index (χ0v) is 32.2. The van der Waals surface area contributed by atoms with Crippen molar-refractivity contribution in [3.05, 3.63) is 200 Å². The van der Waals surface area contributed by atoms with Gasteiger partial charge in [-0.1, -0.05) is 146 Å². The molecule has 1 aliphatic rings. The molecule has 0 saturated heterocycles. The van der Waals surface area contributed by atoms with Crippen LogP contribution in [0.3, 0.4) is 0 Å². The number of hydrogen-bond donors (Lipinski definition) is 0. The van der Waals surface area contributed by atoms with Crippen molar-refractivity contribution in [3.63, 3.8) is 0 Å². The second-order valence-corrected chi connectivity index (χ2v) is 15.2. The minimum atomic E-state index is 0.587. The van der Waals surface area contributed by atoms with Gasteiger partial charge in [-0.2, -0.15) is 0 Å². The number of benzene rings is 9. The van der Waals surface area contributed by atoms with E-state index in [-0.39, 0.29) is 0 Å². The van der Waals surface area contributed by atoms with Crippen molar-refractivity contribution in [2.75, 3.05) is 0 Å². The fourth-order valence-electron chi connectivity index (χ4n) is 8.53. The zero-order chi connectivity index (χ0) is 39.6. The second kappa shape index (κ2) is 13.8. The minimum Gasteiger partial charge on any atom is -0.456 e. The van der Waals surface area contributed by atoms with E-state index in [1.54, 1.807) is 0 Å². The molecule has 3 heterocycles. The maximum absolute atomic E-state index is 6.50. The Morgan fingerprint density at radius 3 is 1.62 bits per heavy atom. The number of fused-ring (bicyclic) bond motifs is 5. The Morgan fingerprint density at radius 1 is 0.300 bits per heavy atom. The van der Waals surface area contributed by atoms with E-state index in [9.17, 15) is 0 Å². The summed E-state index contributed by atoms with van der Waals surface area (Å²) in [6.45, 7) is 0. The van der Waals surface area contributed by atoms with Crippen molar-refractivity contribution in [3.8, 4) is 90.2 Å². The van der Waals surface area contributed by atoms with Crippen LogP contribution in [0.4, 0.5) is 0 Å². The number of aromatic nitrogens is 3. The summed E-state index contributed by atoms with van der Waals surface area (Å²) in [4.78, 5) is 15.5. The van der Waals surface area contributed by atoms with Gasteiger partial charge in [0.2, 0.25) is 0 Å². The Labute approximate surface area is 345 Å². The lowest BCUT2D eigenvalue weighted by molar-refractivity contribution is 0.487. The third kappa shape index (κ3) is 5.83. The topological polar surface area (TPSA) is 61.0 Å². The summed E-state index contributed by atoms with van der Waals surface area (Å²) in [6, 6.07) is 69.4. The van der Waals surface area contributed by atoms with E-state index in [1.165, 1.54) is 0 Å². The van der Waals surface area contributed by atoms with E-state index in [2.05, 4.69) is 140 Å². The SMILES string of the molecule is c1ccc(-c2ccc(-c3nc(-c4ccccc4)nc(-c4cc(-c5ccc6c(c5)-c5cccc7cccc(c57)O6)cc(-c5ccc6oc7ccccc7c6c5)c4)n3)cc2)cc1. The molecule has 0 spiro atoms. The molecule has 0 radical (unpaired) electrons. The van der Waals surface area contributed by atoms with Crippen LogP contribution in [0.2, 0.25) is 0 Å². The summed E-state index contributed by atoms with van der Waals surface area (Å²) in [6.07, 6.45) is 0. The molecule has 1 aliphatic heterocycles. The average Bonchev–Trinajstić information content (AvgIpc) is 3.70. The van der Waals surface area contributed by atoms with Gasteiger partial charge in [-0.05, 0) is 98.9 Å². The lowest BCUT2D eigenvalue weighted by Gasteiger charge is -2.22. The average molecular weight is 768 g/mol. The maximum atomic E-state index is 6.50. The highest BCUT2D eigenvalue weighted by Gasteiger charge is 2.22. The predicted molar refractivity (Wildman–Crippen MR) is 243 cm³/mol. The summed E-state index contributed by atoms with van der Waals surface area (Å²) >= 11 is 0. The number of furan rings is 1. The molecule has 0 aliphatic carbocycles. The van der Waals surface area contributed by atoms with Gasteiger partial charge in [0, 0.05) is 38.4 Å². The van der Waals surface area contributed by atoms with Crippen molar-refractivity contribution >= 4 is 32.7 Å². The van der Waals surface area contributed by atoms with E-state index in [0.717, 1.165) is 105 Å². The maximum Gasteiger partial charge on any atom is 0.164 e. The molecule has 5 nitrogen and oxygen atoms in total. The molecule has 9 aromatic carbocycles. The van der Waals surface area contributed by atoms with Gasteiger partial charge >= 0.3 is 0 Å². The quantitative estimate of drug-likeness (QED) is 0.169. The summed E-state index contributed by atoms with van der Waals surface area (Å²) in [5.74, 6) is 3.52. The number of hydrogen-bond acceptors (Lipinski definition) is 5. The van der Waals surface area contributed by atoms with E-state index < -0.39 is 0 Å². The van der Waals surface area contributed by atoms with Gasteiger partial charge in [-0.3, -0.25) is 0 Å². The smallest absolute Gasteiger partial charge is 0.164 e. The van der Waals surface area contributed by atoms with Crippen LogP contribution in [-0.4, -0.2) is 15.0 Å². The van der Waals surface area contributed by atoms with E-state index in [1.807, 2.05) is 60.7 Å². The fourth-order valence-corrected chi connectivity index (χ4v) is 8.53. The van der Waals surface area contributed by atoms with E-state index >= 15 is 0 Å². The predicted octanol–water partition coefficient (Wildman–Crippen LogP) is 14.7. The van der Waals surface area contributed by atoms with Crippen LogP contribution in [0, 0.1) is 0 Å². The molecule has 0 saturated carbocycles. The lowest BCUT2D eigenvalue weighted by atomic mass is 9.90. The van der Waals surface area contributed by atoms with Gasteiger partial charge in [0.15, 0.2) is 17.5 Å². The molecule has 0 fully saturated rings. The summed E-state index contributed by atoms with van der Waals surface area (Å²) < 4.78 is 12.7. The van der Waals surface area contributed by atoms with Crippen LogP contribution < -0.4 is 4.74 Å². The van der Waals surface area contributed by atoms with Crippen molar-refractivity contribution in [2.45, 2.75) is 0 Å². The number of para-hydroxylation sites is 1. The largest absolute Gasteiger partial charge is 0.456 e. The Morgan fingerprint density at radius 2 is 0.850 bits per heavy atom. The van der Waals surface area contributed by atoms with Gasteiger partial charge in [0.1, 0.15) is 22.7 Å². The highest BCUT2D eigenvalue weighted by Crippen LogP contribution is 2.48. The van der Waals surface area contributed by atoms with Gasteiger partial charge in [0.05, 0.1) is 0 Å². The minimum absolute atomic E-state index is 0.587. The molecular formula is C55H33N3O2. The molecular weight excluding hydrogens is 735 g/mol.